The molecule has 2 heteroatoms. The molecule has 0 spiro atoms. The zero-order chi connectivity index (χ0) is 13.5. The summed E-state index contributed by atoms with van der Waals surface area (Å²) >= 11 is 0. The Hall–Kier alpha value is -0.530. The summed E-state index contributed by atoms with van der Waals surface area (Å²) in [7, 11) is 0. The Kier molecular flexibility index (Phi) is 14.1. The molecule has 0 saturated heterocycles. The van der Waals surface area contributed by atoms with Gasteiger partial charge in [-0.2, -0.15) is 0 Å². The molecule has 0 radical (unpaired) electrons. The lowest BCUT2D eigenvalue weighted by atomic mass is 10.0. The lowest BCUT2D eigenvalue weighted by Crippen LogP contribution is -2.27. The predicted molar refractivity (Wildman–Crippen MR) is 79.7 cm³/mol. The summed E-state index contributed by atoms with van der Waals surface area (Å²) in [5.41, 5.74) is 0. The maximum atomic E-state index is 10.6. The lowest BCUT2D eigenvalue weighted by molar-refractivity contribution is -0.110. The van der Waals surface area contributed by atoms with Crippen molar-refractivity contribution in [2.24, 2.45) is 0 Å². The molecule has 0 aromatic rings. The van der Waals surface area contributed by atoms with Crippen molar-refractivity contribution in [3.63, 3.8) is 0 Å². The van der Waals surface area contributed by atoms with Crippen molar-refractivity contribution in [1.29, 1.82) is 0 Å². The van der Waals surface area contributed by atoms with Crippen LogP contribution in [0.4, 0.5) is 0 Å². The van der Waals surface area contributed by atoms with Gasteiger partial charge in [0.25, 0.3) is 0 Å². The molecule has 0 aliphatic carbocycles. The molecule has 0 saturated carbocycles. The standard InChI is InChI=1S/C16H33NO/c1-3-5-7-9-11-13-16(17-15-18)14-12-10-8-6-4-2/h15-16H,3-14H2,1-2H3,(H,17,18). The van der Waals surface area contributed by atoms with Crippen LogP contribution in [0.25, 0.3) is 0 Å². The van der Waals surface area contributed by atoms with Crippen molar-refractivity contribution in [3.05, 3.63) is 0 Å². The number of nitrogens with one attached hydrogen (secondary N) is 1. The molecule has 0 aliphatic rings. The highest BCUT2D eigenvalue weighted by Crippen LogP contribution is 2.13. The molecule has 0 aromatic carbocycles. The highest BCUT2D eigenvalue weighted by molar-refractivity contribution is 5.46. The fourth-order valence-electron chi connectivity index (χ4n) is 2.40. The summed E-state index contributed by atoms with van der Waals surface area (Å²) in [5.74, 6) is 0. The monoisotopic (exact) mass is 255 g/mol. The van der Waals surface area contributed by atoms with E-state index in [0.717, 1.165) is 19.3 Å². The lowest BCUT2D eigenvalue weighted by Gasteiger charge is -2.15. The molecule has 1 amide bonds. The van der Waals surface area contributed by atoms with Gasteiger partial charge in [0.15, 0.2) is 0 Å². The van der Waals surface area contributed by atoms with E-state index >= 15 is 0 Å². The van der Waals surface area contributed by atoms with Crippen molar-refractivity contribution in [1.82, 2.24) is 5.32 Å². The van der Waals surface area contributed by atoms with Gasteiger partial charge >= 0.3 is 0 Å². The number of hydrogen-bond donors (Lipinski definition) is 1. The van der Waals surface area contributed by atoms with E-state index in [1.807, 2.05) is 0 Å². The van der Waals surface area contributed by atoms with E-state index in [2.05, 4.69) is 19.2 Å². The molecule has 18 heavy (non-hydrogen) atoms. The molecule has 0 aliphatic heterocycles. The van der Waals surface area contributed by atoms with Gasteiger partial charge in [-0.15, -0.1) is 0 Å². The summed E-state index contributed by atoms with van der Waals surface area (Å²) in [5, 5.41) is 2.98. The van der Waals surface area contributed by atoms with Gasteiger partial charge in [-0.25, -0.2) is 0 Å². The fourth-order valence-corrected chi connectivity index (χ4v) is 2.40. The first-order chi connectivity index (χ1) is 8.85. The predicted octanol–water partition coefficient (Wildman–Crippen LogP) is 4.82. The Labute approximate surface area is 114 Å². The first kappa shape index (κ1) is 17.5. The molecule has 108 valence electrons. The van der Waals surface area contributed by atoms with Gasteiger partial charge < -0.3 is 5.32 Å². The van der Waals surface area contributed by atoms with Crippen LogP contribution in [0.2, 0.25) is 0 Å². The first-order valence-electron chi connectivity index (χ1n) is 8.04. The number of unbranched alkanes of at least 4 members (excludes halogenated alkanes) is 8. The van der Waals surface area contributed by atoms with Crippen LogP contribution in [0.5, 0.6) is 0 Å². The van der Waals surface area contributed by atoms with Crippen LogP contribution < -0.4 is 5.32 Å². The number of amides is 1. The largest absolute Gasteiger partial charge is 0.356 e. The quantitative estimate of drug-likeness (QED) is 0.350. The second-order valence-corrected chi connectivity index (χ2v) is 5.39. The van der Waals surface area contributed by atoms with Crippen LogP contribution in [0.15, 0.2) is 0 Å². The summed E-state index contributed by atoms with van der Waals surface area (Å²) < 4.78 is 0. The molecule has 0 rings (SSSR count). The van der Waals surface area contributed by atoms with Crippen molar-refractivity contribution in [3.8, 4) is 0 Å². The van der Waals surface area contributed by atoms with Crippen LogP contribution in [-0.4, -0.2) is 12.5 Å². The number of rotatable bonds is 14. The van der Waals surface area contributed by atoms with E-state index in [-0.39, 0.29) is 0 Å². The average molecular weight is 255 g/mol. The van der Waals surface area contributed by atoms with Crippen molar-refractivity contribution in [2.75, 3.05) is 0 Å². The summed E-state index contributed by atoms with van der Waals surface area (Å²) in [6, 6.07) is 0.422. The number of carbonyl (C=O) groups excluding carboxylic acids is 1. The van der Waals surface area contributed by atoms with E-state index in [0.29, 0.717) is 6.04 Å². The van der Waals surface area contributed by atoms with Gasteiger partial charge in [0.05, 0.1) is 0 Å². The third-order valence-corrected chi connectivity index (χ3v) is 3.62. The van der Waals surface area contributed by atoms with Gasteiger partial charge in [0, 0.05) is 6.04 Å². The van der Waals surface area contributed by atoms with Gasteiger partial charge in [0.1, 0.15) is 0 Å². The van der Waals surface area contributed by atoms with Crippen LogP contribution >= 0.6 is 0 Å². The Morgan fingerprint density at radius 2 is 1.22 bits per heavy atom. The summed E-state index contributed by atoms with van der Waals surface area (Å²) in [6.45, 7) is 4.49. The zero-order valence-corrected chi connectivity index (χ0v) is 12.5. The molecule has 2 nitrogen and oxygen atoms in total. The minimum Gasteiger partial charge on any atom is -0.356 e. The van der Waals surface area contributed by atoms with E-state index < -0.39 is 0 Å². The minimum absolute atomic E-state index is 0.422. The van der Waals surface area contributed by atoms with E-state index in [9.17, 15) is 4.79 Å². The third-order valence-electron chi connectivity index (χ3n) is 3.62. The Bertz CT molecular complexity index is 156. The number of hydrogen-bond acceptors (Lipinski definition) is 1. The van der Waals surface area contributed by atoms with Crippen molar-refractivity contribution < 1.29 is 4.79 Å². The van der Waals surface area contributed by atoms with Crippen LogP contribution in [0, 0.1) is 0 Å². The van der Waals surface area contributed by atoms with Gasteiger partial charge in [-0.3, -0.25) is 4.79 Å². The second kappa shape index (κ2) is 14.5. The molecular formula is C16H33NO. The van der Waals surface area contributed by atoms with E-state index in [1.54, 1.807) is 0 Å². The van der Waals surface area contributed by atoms with Gasteiger partial charge in [-0.05, 0) is 12.8 Å². The van der Waals surface area contributed by atoms with E-state index in [4.69, 9.17) is 0 Å². The Morgan fingerprint density at radius 3 is 1.61 bits per heavy atom. The minimum atomic E-state index is 0.422. The van der Waals surface area contributed by atoms with Gasteiger partial charge in [0.2, 0.25) is 6.41 Å². The van der Waals surface area contributed by atoms with Crippen molar-refractivity contribution >= 4 is 6.41 Å². The maximum Gasteiger partial charge on any atom is 0.207 e. The first-order valence-corrected chi connectivity index (χ1v) is 8.04. The molecule has 0 atom stereocenters. The molecule has 0 unspecified atom stereocenters. The highest BCUT2D eigenvalue weighted by atomic mass is 16.1. The highest BCUT2D eigenvalue weighted by Gasteiger charge is 2.06. The van der Waals surface area contributed by atoms with Crippen LogP contribution in [-0.2, 0) is 4.79 Å². The average Bonchev–Trinajstić information content (AvgIpc) is 2.38. The smallest absolute Gasteiger partial charge is 0.207 e. The summed E-state index contributed by atoms with van der Waals surface area (Å²) in [4.78, 5) is 10.6. The molecular weight excluding hydrogens is 222 g/mol. The topological polar surface area (TPSA) is 29.1 Å². The number of carbonyl (C=O) groups is 1. The van der Waals surface area contributed by atoms with Crippen molar-refractivity contribution in [2.45, 2.75) is 96.9 Å². The Morgan fingerprint density at radius 1 is 0.778 bits per heavy atom. The SMILES string of the molecule is CCCCCCCC(CCCCCCC)NC=O. The molecule has 0 fully saturated rings. The van der Waals surface area contributed by atoms with Crippen LogP contribution in [0.3, 0.4) is 0 Å². The van der Waals surface area contributed by atoms with E-state index in [1.165, 1.54) is 64.2 Å². The normalized spacial score (nSPS) is 10.8. The van der Waals surface area contributed by atoms with Crippen LogP contribution in [0.1, 0.15) is 90.9 Å². The zero-order valence-electron chi connectivity index (χ0n) is 12.5. The molecule has 0 bridgehead atoms. The molecule has 1 N–H and O–H groups in total. The molecule has 0 heterocycles. The second-order valence-electron chi connectivity index (χ2n) is 5.39. The third kappa shape index (κ3) is 11.9. The maximum absolute atomic E-state index is 10.6. The Balaban J connectivity index is 3.48. The fraction of sp³-hybridized carbons (Fsp3) is 0.938. The van der Waals surface area contributed by atoms with Gasteiger partial charge in [-0.1, -0.05) is 78.1 Å². The molecule has 0 aromatic heterocycles. The summed E-state index contributed by atoms with van der Waals surface area (Å²) in [6.07, 6.45) is 16.4.